The van der Waals surface area contributed by atoms with Gasteiger partial charge >= 0.3 is 0 Å². The minimum Gasteiger partial charge on any atom is -0.394 e. The Morgan fingerprint density at radius 3 is 2.65 bits per heavy atom. The number of aliphatic hydroxyl groups excluding tert-OH is 3. The molecule has 0 spiro atoms. The molecule has 20 heavy (non-hydrogen) atoms. The van der Waals surface area contributed by atoms with E-state index >= 15 is 0 Å². The molecule has 0 radical (unpaired) electrons. The predicted molar refractivity (Wildman–Crippen MR) is 69.5 cm³/mol. The fraction of sp³-hybridized carbons (Fsp3) is 0.545. The molecule has 110 valence electrons. The van der Waals surface area contributed by atoms with Gasteiger partial charge in [0, 0.05) is 0 Å². The van der Waals surface area contributed by atoms with E-state index in [0.717, 1.165) is 0 Å². The summed E-state index contributed by atoms with van der Waals surface area (Å²) in [6, 6.07) is 0. The van der Waals surface area contributed by atoms with Crippen LogP contribution in [0.1, 0.15) is 13.2 Å². The van der Waals surface area contributed by atoms with Gasteiger partial charge in [-0.25, -0.2) is 15.0 Å². The van der Waals surface area contributed by atoms with Gasteiger partial charge in [0.2, 0.25) is 0 Å². The Hall–Kier alpha value is -1.81. The van der Waals surface area contributed by atoms with Crippen molar-refractivity contribution in [2.24, 2.45) is 0 Å². The number of hydrogen-bond donors (Lipinski definition) is 4. The van der Waals surface area contributed by atoms with E-state index in [-0.39, 0.29) is 19.0 Å². The summed E-state index contributed by atoms with van der Waals surface area (Å²) in [5, 5.41) is 28.1. The predicted octanol–water partition coefficient (Wildman–Crippen LogP) is -1.34. The van der Waals surface area contributed by atoms with Gasteiger partial charge in [-0.3, -0.25) is 4.57 Å². The van der Waals surface area contributed by atoms with Crippen LogP contribution in [0.15, 0.2) is 12.7 Å². The van der Waals surface area contributed by atoms with E-state index in [1.807, 2.05) is 0 Å². The largest absolute Gasteiger partial charge is 0.394 e. The quantitative estimate of drug-likeness (QED) is 0.510. The van der Waals surface area contributed by atoms with Crippen LogP contribution in [0.2, 0.25) is 0 Å². The van der Waals surface area contributed by atoms with Crippen molar-refractivity contribution >= 4 is 17.0 Å². The molecule has 9 heteroatoms. The van der Waals surface area contributed by atoms with E-state index in [1.54, 1.807) is 0 Å². The SMILES string of the molecule is C[C@H](O)[C@@H](CO)O[C@H](CO)n1cnc2c(N)ncnc21. The molecule has 2 aromatic rings. The van der Waals surface area contributed by atoms with Crippen LogP contribution in [0.25, 0.3) is 11.2 Å². The molecule has 0 aliphatic rings. The molecule has 0 aromatic carbocycles. The number of aromatic nitrogens is 4. The van der Waals surface area contributed by atoms with Crippen molar-refractivity contribution < 1.29 is 20.1 Å². The van der Waals surface area contributed by atoms with E-state index in [2.05, 4.69) is 15.0 Å². The number of imidazole rings is 1. The molecule has 0 saturated carbocycles. The molecule has 2 rings (SSSR count). The fourth-order valence-electron chi connectivity index (χ4n) is 1.79. The zero-order valence-corrected chi connectivity index (χ0v) is 10.9. The van der Waals surface area contributed by atoms with E-state index < -0.39 is 18.4 Å². The topological polar surface area (TPSA) is 140 Å². The van der Waals surface area contributed by atoms with Gasteiger partial charge in [0.05, 0.1) is 25.6 Å². The first kappa shape index (κ1) is 14.6. The lowest BCUT2D eigenvalue weighted by Crippen LogP contribution is -2.34. The third-order valence-corrected chi connectivity index (χ3v) is 2.90. The van der Waals surface area contributed by atoms with E-state index in [1.165, 1.54) is 24.1 Å². The number of nitrogens with two attached hydrogens (primary N) is 1. The second-order valence-corrected chi connectivity index (χ2v) is 4.32. The molecule has 0 amide bonds. The number of fused-ring (bicyclic) bond motifs is 1. The lowest BCUT2D eigenvalue weighted by molar-refractivity contribution is -0.131. The molecule has 2 aromatic heterocycles. The molecule has 3 atom stereocenters. The average molecular weight is 283 g/mol. The van der Waals surface area contributed by atoms with Crippen LogP contribution in [0, 0.1) is 0 Å². The number of rotatable bonds is 6. The van der Waals surface area contributed by atoms with Crippen molar-refractivity contribution in [2.45, 2.75) is 25.4 Å². The molecule has 0 saturated heterocycles. The molecule has 0 fully saturated rings. The zero-order valence-electron chi connectivity index (χ0n) is 10.9. The summed E-state index contributed by atoms with van der Waals surface area (Å²) >= 11 is 0. The summed E-state index contributed by atoms with van der Waals surface area (Å²) in [6.07, 6.45) is 0.128. The van der Waals surface area contributed by atoms with E-state index in [9.17, 15) is 10.2 Å². The Labute approximate surface area is 114 Å². The van der Waals surface area contributed by atoms with Crippen molar-refractivity contribution in [3.63, 3.8) is 0 Å². The highest BCUT2D eigenvalue weighted by Crippen LogP contribution is 2.20. The van der Waals surface area contributed by atoms with E-state index in [0.29, 0.717) is 11.2 Å². The number of nitrogen functional groups attached to an aromatic ring is 1. The smallest absolute Gasteiger partial charge is 0.167 e. The number of aliphatic hydroxyl groups is 3. The molecule has 0 unspecified atom stereocenters. The third kappa shape index (κ3) is 2.70. The molecule has 0 bridgehead atoms. The summed E-state index contributed by atoms with van der Waals surface area (Å²) in [6.45, 7) is 0.734. The second kappa shape index (κ2) is 6.09. The maximum absolute atomic E-state index is 9.47. The molecule has 0 aliphatic heterocycles. The molecular weight excluding hydrogens is 266 g/mol. The number of hydrogen-bond acceptors (Lipinski definition) is 8. The highest BCUT2D eigenvalue weighted by molar-refractivity contribution is 5.81. The van der Waals surface area contributed by atoms with Crippen molar-refractivity contribution in [1.29, 1.82) is 0 Å². The minimum absolute atomic E-state index is 0.222. The Morgan fingerprint density at radius 2 is 2.05 bits per heavy atom. The van der Waals surface area contributed by atoms with Gasteiger partial charge in [-0.05, 0) is 6.92 Å². The van der Waals surface area contributed by atoms with E-state index in [4.69, 9.17) is 15.6 Å². The maximum Gasteiger partial charge on any atom is 0.167 e. The van der Waals surface area contributed by atoms with Gasteiger partial charge in [0.15, 0.2) is 17.7 Å². The monoisotopic (exact) mass is 283 g/mol. The van der Waals surface area contributed by atoms with Crippen molar-refractivity contribution in [1.82, 2.24) is 19.5 Å². The second-order valence-electron chi connectivity index (χ2n) is 4.32. The summed E-state index contributed by atoms with van der Waals surface area (Å²) < 4.78 is 6.95. The van der Waals surface area contributed by atoms with Crippen molar-refractivity contribution in [3.05, 3.63) is 12.7 Å². The number of anilines is 1. The standard InChI is InChI=1S/C11H17N5O4/c1-6(19)7(2-17)20-8(3-18)16-5-15-9-10(12)13-4-14-11(9)16/h4-8,17-19H,2-3H2,1H3,(H2,12,13,14)/t6-,7+,8+/m0/s1. The molecular formula is C11H17N5O4. The normalized spacial score (nSPS) is 16.2. The first-order valence-electron chi connectivity index (χ1n) is 6.06. The summed E-state index contributed by atoms with van der Waals surface area (Å²) in [4.78, 5) is 11.9. The molecule has 5 N–H and O–H groups in total. The van der Waals surface area contributed by atoms with Gasteiger partial charge in [0.1, 0.15) is 17.9 Å². The summed E-state index contributed by atoms with van der Waals surface area (Å²) in [5.41, 5.74) is 6.47. The number of nitrogens with zero attached hydrogens (tertiary/aromatic N) is 4. The van der Waals surface area contributed by atoms with Crippen LogP contribution < -0.4 is 5.73 Å². The lowest BCUT2D eigenvalue weighted by Gasteiger charge is -2.25. The highest BCUT2D eigenvalue weighted by Gasteiger charge is 2.23. The summed E-state index contributed by atoms with van der Waals surface area (Å²) in [7, 11) is 0. The Balaban J connectivity index is 2.32. The van der Waals surface area contributed by atoms with Crippen molar-refractivity contribution in [3.8, 4) is 0 Å². The van der Waals surface area contributed by atoms with Crippen LogP contribution in [0.5, 0.6) is 0 Å². The van der Waals surface area contributed by atoms with Crippen LogP contribution >= 0.6 is 0 Å². The van der Waals surface area contributed by atoms with Gasteiger partial charge in [-0.1, -0.05) is 0 Å². The number of ether oxygens (including phenoxy) is 1. The molecule has 0 aliphatic carbocycles. The van der Waals surface area contributed by atoms with Crippen LogP contribution in [0.3, 0.4) is 0 Å². The van der Waals surface area contributed by atoms with Gasteiger partial charge in [0.25, 0.3) is 0 Å². The van der Waals surface area contributed by atoms with Crippen LogP contribution in [-0.2, 0) is 4.74 Å². The Morgan fingerprint density at radius 1 is 1.30 bits per heavy atom. The first-order valence-corrected chi connectivity index (χ1v) is 6.06. The maximum atomic E-state index is 9.47. The van der Waals surface area contributed by atoms with Crippen molar-refractivity contribution in [2.75, 3.05) is 18.9 Å². The first-order chi connectivity index (χ1) is 9.58. The fourth-order valence-corrected chi connectivity index (χ4v) is 1.79. The van der Waals surface area contributed by atoms with Crippen LogP contribution in [0.4, 0.5) is 5.82 Å². The van der Waals surface area contributed by atoms with Gasteiger partial charge in [-0.15, -0.1) is 0 Å². The van der Waals surface area contributed by atoms with Crippen LogP contribution in [-0.4, -0.2) is 60.3 Å². The van der Waals surface area contributed by atoms with Gasteiger partial charge in [-0.2, -0.15) is 0 Å². The molecule has 2 heterocycles. The minimum atomic E-state index is -0.886. The van der Waals surface area contributed by atoms with Gasteiger partial charge < -0.3 is 25.8 Å². The Kier molecular flexibility index (Phi) is 4.45. The molecule has 9 nitrogen and oxygen atoms in total. The summed E-state index contributed by atoms with van der Waals surface area (Å²) in [5.74, 6) is 0.222. The third-order valence-electron chi connectivity index (χ3n) is 2.90. The lowest BCUT2D eigenvalue weighted by atomic mass is 10.2. The zero-order chi connectivity index (χ0) is 14.7. The average Bonchev–Trinajstić information content (AvgIpc) is 2.85. The Bertz CT molecular complexity index is 573. The highest BCUT2D eigenvalue weighted by atomic mass is 16.5.